The van der Waals surface area contributed by atoms with Crippen molar-refractivity contribution < 1.29 is 14.7 Å². The summed E-state index contributed by atoms with van der Waals surface area (Å²) in [6.07, 6.45) is 0.278. The molecule has 110 valence electrons. The molecule has 1 aromatic rings. The number of aliphatic carboxylic acids is 1. The molecule has 2 N–H and O–H groups in total. The summed E-state index contributed by atoms with van der Waals surface area (Å²) in [5.41, 5.74) is -0.819. The Balaban J connectivity index is 3.13. The van der Waals surface area contributed by atoms with Gasteiger partial charge in [-0.25, -0.2) is 4.79 Å². The van der Waals surface area contributed by atoms with Crippen LogP contribution in [0, 0.1) is 6.92 Å². The van der Waals surface area contributed by atoms with E-state index in [4.69, 9.17) is 5.11 Å². The van der Waals surface area contributed by atoms with E-state index < -0.39 is 23.5 Å². The van der Waals surface area contributed by atoms with Crippen molar-refractivity contribution in [1.82, 2.24) is 9.88 Å². The number of hydrogen-bond donors (Lipinski definition) is 2. The van der Waals surface area contributed by atoms with Gasteiger partial charge in [-0.15, -0.1) is 0 Å². The molecule has 0 bridgehead atoms. The third-order valence-electron chi connectivity index (χ3n) is 3.28. The third-order valence-corrected chi connectivity index (χ3v) is 3.28. The van der Waals surface area contributed by atoms with Gasteiger partial charge in [-0.2, -0.15) is 0 Å². The number of aromatic nitrogens is 1. The molecule has 0 aliphatic heterocycles. The summed E-state index contributed by atoms with van der Waals surface area (Å²) >= 11 is 0. The maximum absolute atomic E-state index is 12.3. The molecule has 1 heterocycles. The summed E-state index contributed by atoms with van der Waals surface area (Å²) in [7, 11) is 0. The number of nitrogens with one attached hydrogen (secondary N) is 1. The summed E-state index contributed by atoms with van der Waals surface area (Å²) in [6, 6.07) is 3.76. The largest absolute Gasteiger partial charge is 0.480 e. The van der Waals surface area contributed by atoms with Crippen molar-refractivity contribution in [2.45, 2.75) is 45.7 Å². The van der Waals surface area contributed by atoms with Crippen LogP contribution in [0.25, 0.3) is 0 Å². The lowest BCUT2D eigenvalue weighted by atomic mass is 10.0. The number of hydrogen-bond acceptors (Lipinski definition) is 3. The predicted octanol–water partition coefficient (Wildman–Crippen LogP) is 0.871. The molecule has 1 aromatic heterocycles. The lowest BCUT2D eigenvalue weighted by Gasteiger charge is -2.29. The average Bonchev–Trinajstić information content (AvgIpc) is 2.34. The Morgan fingerprint density at radius 2 is 2.00 bits per heavy atom. The Kier molecular flexibility index (Phi) is 4.70. The van der Waals surface area contributed by atoms with Gasteiger partial charge in [0.05, 0.1) is 0 Å². The average molecular weight is 280 g/mol. The molecule has 1 rings (SSSR count). The molecule has 6 nitrogen and oxygen atoms in total. The second kappa shape index (κ2) is 5.90. The van der Waals surface area contributed by atoms with Crippen molar-refractivity contribution in [3.8, 4) is 0 Å². The summed E-state index contributed by atoms with van der Waals surface area (Å²) in [5.74, 6) is -1.59. The minimum Gasteiger partial charge on any atom is -0.480 e. The van der Waals surface area contributed by atoms with Crippen LogP contribution in [0.4, 0.5) is 0 Å². The molecular formula is C14H20N2O4. The number of carboxylic acids is 1. The number of carbonyl (C=O) groups excluding carboxylic acids is 1. The normalized spacial score (nSPS) is 12.8. The van der Waals surface area contributed by atoms with E-state index in [1.54, 1.807) is 39.8 Å². The van der Waals surface area contributed by atoms with E-state index >= 15 is 0 Å². The smallest absolute Gasteiger partial charge is 0.326 e. The van der Waals surface area contributed by atoms with Crippen LogP contribution in [0.15, 0.2) is 23.0 Å². The van der Waals surface area contributed by atoms with Gasteiger partial charge in [0.15, 0.2) is 0 Å². The van der Waals surface area contributed by atoms with Crippen LogP contribution in [0.2, 0.25) is 0 Å². The number of amides is 1. The molecule has 0 aromatic carbocycles. The SMILES string of the molecule is CCC(NC(=O)C(C)(C)n1c(C)cccc1=O)C(=O)O. The first-order valence-electron chi connectivity index (χ1n) is 6.44. The van der Waals surface area contributed by atoms with Crippen LogP contribution in [0.3, 0.4) is 0 Å². The van der Waals surface area contributed by atoms with Crippen LogP contribution in [0.1, 0.15) is 32.9 Å². The van der Waals surface area contributed by atoms with Gasteiger partial charge >= 0.3 is 5.97 Å². The van der Waals surface area contributed by atoms with E-state index in [1.165, 1.54) is 10.6 Å². The predicted molar refractivity (Wildman–Crippen MR) is 74.6 cm³/mol. The molecular weight excluding hydrogens is 260 g/mol. The third kappa shape index (κ3) is 3.07. The summed E-state index contributed by atoms with van der Waals surface area (Å²) < 4.78 is 1.36. The standard InChI is InChI=1S/C14H20N2O4/c1-5-10(12(18)19)15-13(20)14(3,4)16-9(2)7-6-8-11(16)17/h6-8,10H,5H2,1-4H3,(H,15,20)(H,18,19). The van der Waals surface area contributed by atoms with E-state index in [0.717, 1.165) is 0 Å². The topological polar surface area (TPSA) is 88.4 Å². The molecule has 1 amide bonds. The van der Waals surface area contributed by atoms with Crippen LogP contribution >= 0.6 is 0 Å². The second-order valence-corrected chi connectivity index (χ2v) is 5.17. The second-order valence-electron chi connectivity index (χ2n) is 5.17. The van der Waals surface area contributed by atoms with Gasteiger partial charge < -0.3 is 10.4 Å². The van der Waals surface area contributed by atoms with Crippen molar-refractivity contribution >= 4 is 11.9 Å². The van der Waals surface area contributed by atoms with Gasteiger partial charge in [0.2, 0.25) is 5.91 Å². The maximum atomic E-state index is 12.3. The van der Waals surface area contributed by atoms with Gasteiger partial charge in [-0.3, -0.25) is 14.2 Å². The van der Waals surface area contributed by atoms with Crippen molar-refractivity contribution in [1.29, 1.82) is 0 Å². The van der Waals surface area contributed by atoms with Gasteiger partial charge in [0.25, 0.3) is 5.56 Å². The number of aryl methyl sites for hydroxylation is 1. The minimum atomic E-state index is -1.16. The minimum absolute atomic E-state index is 0.278. The van der Waals surface area contributed by atoms with Gasteiger partial charge in [-0.1, -0.05) is 13.0 Å². The van der Waals surface area contributed by atoms with Crippen LogP contribution in [-0.2, 0) is 15.1 Å². The molecule has 0 saturated carbocycles. The first-order chi connectivity index (χ1) is 9.21. The van der Waals surface area contributed by atoms with Crippen LogP contribution in [0.5, 0.6) is 0 Å². The maximum Gasteiger partial charge on any atom is 0.326 e. The number of rotatable bonds is 5. The molecule has 0 saturated heterocycles. The molecule has 20 heavy (non-hydrogen) atoms. The van der Waals surface area contributed by atoms with Crippen molar-refractivity contribution in [2.75, 3.05) is 0 Å². The summed E-state index contributed by atoms with van der Waals surface area (Å²) in [4.78, 5) is 35.2. The fourth-order valence-corrected chi connectivity index (χ4v) is 2.08. The molecule has 0 fully saturated rings. The fraction of sp³-hybridized carbons (Fsp3) is 0.500. The highest BCUT2D eigenvalue weighted by atomic mass is 16.4. The number of pyridine rings is 1. The highest BCUT2D eigenvalue weighted by Gasteiger charge is 2.33. The Morgan fingerprint density at radius 3 is 2.45 bits per heavy atom. The lowest BCUT2D eigenvalue weighted by molar-refractivity contribution is -0.143. The van der Waals surface area contributed by atoms with E-state index in [0.29, 0.717) is 5.69 Å². The molecule has 0 spiro atoms. The van der Waals surface area contributed by atoms with Crippen molar-refractivity contribution in [3.63, 3.8) is 0 Å². The van der Waals surface area contributed by atoms with Crippen molar-refractivity contribution in [3.05, 3.63) is 34.2 Å². The first-order valence-corrected chi connectivity index (χ1v) is 6.44. The first kappa shape index (κ1) is 15.9. The summed E-state index contributed by atoms with van der Waals surface area (Å²) in [5, 5.41) is 11.4. The van der Waals surface area contributed by atoms with Crippen molar-refractivity contribution in [2.24, 2.45) is 0 Å². The lowest BCUT2D eigenvalue weighted by Crippen LogP contribution is -2.53. The molecule has 0 aliphatic rings. The fourth-order valence-electron chi connectivity index (χ4n) is 2.08. The molecule has 6 heteroatoms. The van der Waals surface area contributed by atoms with E-state index in [1.807, 2.05) is 0 Å². The zero-order chi connectivity index (χ0) is 15.5. The van der Waals surface area contributed by atoms with Crippen LogP contribution < -0.4 is 10.9 Å². The van der Waals surface area contributed by atoms with E-state index in [-0.39, 0.29) is 12.0 Å². The molecule has 1 atom stereocenters. The number of carbonyl (C=O) groups is 2. The van der Waals surface area contributed by atoms with Gasteiger partial charge in [0, 0.05) is 11.8 Å². The number of nitrogens with zero attached hydrogens (tertiary/aromatic N) is 1. The van der Waals surface area contributed by atoms with E-state index in [9.17, 15) is 14.4 Å². The van der Waals surface area contributed by atoms with Gasteiger partial charge in [-0.05, 0) is 33.3 Å². The van der Waals surface area contributed by atoms with Crippen LogP contribution in [-0.4, -0.2) is 27.6 Å². The highest BCUT2D eigenvalue weighted by molar-refractivity contribution is 5.88. The summed E-state index contributed by atoms with van der Waals surface area (Å²) in [6.45, 7) is 6.58. The van der Waals surface area contributed by atoms with Gasteiger partial charge in [0.1, 0.15) is 11.6 Å². The highest BCUT2D eigenvalue weighted by Crippen LogP contribution is 2.16. The molecule has 1 unspecified atom stereocenters. The monoisotopic (exact) mass is 280 g/mol. The molecule has 0 radical (unpaired) electrons. The quantitative estimate of drug-likeness (QED) is 0.837. The Morgan fingerprint density at radius 1 is 1.40 bits per heavy atom. The zero-order valence-electron chi connectivity index (χ0n) is 12.1. The van der Waals surface area contributed by atoms with E-state index in [2.05, 4.69) is 5.32 Å². The molecule has 0 aliphatic carbocycles. The Hall–Kier alpha value is -2.11. The zero-order valence-corrected chi connectivity index (χ0v) is 12.1. The Labute approximate surface area is 117 Å². The Bertz CT molecular complexity index is 575. The number of carboxylic acid groups (broad SMARTS) is 1.